The van der Waals surface area contributed by atoms with Crippen LogP contribution in [0.25, 0.3) is 0 Å². The van der Waals surface area contributed by atoms with E-state index < -0.39 is 5.54 Å². The van der Waals surface area contributed by atoms with Crippen molar-refractivity contribution in [2.75, 3.05) is 12.3 Å². The normalized spacial score (nSPS) is 25.5. The van der Waals surface area contributed by atoms with E-state index in [9.17, 15) is 0 Å². The van der Waals surface area contributed by atoms with Crippen molar-refractivity contribution in [3.8, 4) is 5.75 Å². The molecule has 0 aliphatic carbocycles. The zero-order valence-corrected chi connectivity index (χ0v) is 7.79. The van der Waals surface area contributed by atoms with E-state index in [0.717, 1.165) is 17.0 Å². The summed E-state index contributed by atoms with van der Waals surface area (Å²) >= 11 is 0. The average Bonchev–Trinajstić information content (AvgIpc) is 2.28. The van der Waals surface area contributed by atoms with E-state index in [4.69, 9.17) is 16.2 Å². The smallest absolute Gasteiger partial charge is 0.145 e. The standard InChI is InChI=1S/C9H13N3O/c1-5-8-6(3-7(10)12-5)9(2,11)4-13-8/h3H,4,11H2,1-2H3,(H2,10,12). The Kier molecular flexibility index (Phi) is 1.51. The number of hydrogen-bond donors (Lipinski definition) is 2. The highest BCUT2D eigenvalue weighted by Gasteiger charge is 2.34. The molecule has 0 amide bonds. The first kappa shape index (κ1) is 8.31. The summed E-state index contributed by atoms with van der Waals surface area (Å²) in [5.41, 5.74) is 13.0. The van der Waals surface area contributed by atoms with Crippen LogP contribution in [0, 0.1) is 6.92 Å². The predicted molar refractivity (Wildman–Crippen MR) is 50.4 cm³/mol. The van der Waals surface area contributed by atoms with Gasteiger partial charge in [0.05, 0.1) is 11.2 Å². The number of nitrogen functional groups attached to an aromatic ring is 1. The summed E-state index contributed by atoms with van der Waals surface area (Å²) in [5.74, 6) is 1.29. The Labute approximate surface area is 76.9 Å². The van der Waals surface area contributed by atoms with Gasteiger partial charge in [0.1, 0.15) is 18.2 Å². The number of ether oxygens (including phenoxy) is 1. The molecule has 1 aromatic rings. The van der Waals surface area contributed by atoms with Gasteiger partial charge in [-0.2, -0.15) is 0 Å². The number of aromatic nitrogens is 1. The first-order valence-corrected chi connectivity index (χ1v) is 4.20. The van der Waals surface area contributed by atoms with Gasteiger partial charge in [-0.25, -0.2) is 4.98 Å². The van der Waals surface area contributed by atoms with Gasteiger partial charge in [0.2, 0.25) is 0 Å². The molecule has 1 unspecified atom stereocenters. The SMILES string of the molecule is Cc1nc(N)cc2c1OCC2(C)N. The molecular weight excluding hydrogens is 166 g/mol. The van der Waals surface area contributed by atoms with Crippen molar-refractivity contribution in [2.24, 2.45) is 5.73 Å². The lowest BCUT2D eigenvalue weighted by atomic mass is 9.96. The minimum absolute atomic E-state index is 0.433. The molecule has 70 valence electrons. The molecule has 0 radical (unpaired) electrons. The average molecular weight is 179 g/mol. The lowest BCUT2D eigenvalue weighted by Crippen LogP contribution is -2.34. The minimum Gasteiger partial charge on any atom is -0.489 e. The number of nitrogens with zero attached hydrogens (tertiary/aromatic N) is 1. The van der Waals surface area contributed by atoms with E-state index in [1.54, 1.807) is 6.07 Å². The lowest BCUT2D eigenvalue weighted by Gasteiger charge is -2.15. The summed E-state index contributed by atoms with van der Waals surface area (Å²) in [6, 6.07) is 1.79. The highest BCUT2D eigenvalue weighted by molar-refractivity contribution is 5.51. The molecule has 2 rings (SSSR count). The Morgan fingerprint density at radius 2 is 2.31 bits per heavy atom. The van der Waals surface area contributed by atoms with Crippen molar-refractivity contribution < 1.29 is 4.74 Å². The molecule has 1 aromatic heterocycles. The molecule has 1 aliphatic rings. The molecule has 1 atom stereocenters. The zero-order valence-electron chi connectivity index (χ0n) is 7.79. The first-order valence-electron chi connectivity index (χ1n) is 4.20. The second-order valence-electron chi connectivity index (χ2n) is 3.72. The van der Waals surface area contributed by atoms with Crippen LogP contribution in [0.5, 0.6) is 5.75 Å². The molecule has 13 heavy (non-hydrogen) atoms. The third-order valence-corrected chi connectivity index (χ3v) is 2.29. The second kappa shape index (κ2) is 2.35. The van der Waals surface area contributed by atoms with Gasteiger partial charge in [0.15, 0.2) is 0 Å². The molecule has 0 spiro atoms. The van der Waals surface area contributed by atoms with Crippen molar-refractivity contribution in [1.82, 2.24) is 4.98 Å². The Hall–Kier alpha value is -1.29. The van der Waals surface area contributed by atoms with Gasteiger partial charge >= 0.3 is 0 Å². The highest BCUT2D eigenvalue weighted by atomic mass is 16.5. The van der Waals surface area contributed by atoms with Crippen molar-refractivity contribution in [3.63, 3.8) is 0 Å². The zero-order chi connectivity index (χ0) is 9.64. The Bertz CT molecular complexity index is 360. The molecule has 0 fully saturated rings. The fourth-order valence-corrected chi connectivity index (χ4v) is 1.59. The van der Waals surface area contributed by atoms with Crippen molar-refractivity contribution in [3.05, 3.63) is 17.3 Å². The summed E-state index contributed by atoms with van der Waals surface area (Å²) < 4.78 is 5.46. The number of hydrogen-bond acceptors (Lipinski definition) is 4. The maximum absolute atomic E-state index is 6.02. The van der Waals surface area contributed by atoms with Crippen LogP contribution in [0.15, 0.2) is 6.07 Å². The monoisotopic (exact) mass is 179 g/mol. The summed E-state index contributed by atoms with van der Waals surface area (Å²) in [6.07, 6.45) is 0. The molecule has 2 heterocycles. The maximum Gasteiger partial charge on any atom is 0.145 e. The van der Waals surface area contributed by atoms with Crippen molar-refractivity contribution >= 4 is 5.82 Å². The lowest BCUT2D eigenvalue weighted by molar-refractivity contribution is 0.281. The van der Waals surface area contributed by atoms with Gasteiger partial charge in [0, 0.05) is 5.56 Å². The van der Waals surface area contributed by atoms with Gasteiger partial charge in [0.25, 0.3) is 0 Å². The minimum atomic E-state index is -0.433. The molecule has 4 nitrogen and oxygen atoms in total. The molecule has 0 saturated carbocycles. The van der Waals surface area contributed by atoms with Crippen molar-refractivity contribution in [2.45, 2.75) is 19.4 Å². The van der Waals surface area contributed by atoms with E-state index >= 15 is 0 Å². The van der Waals surface area contributed by atoms with Crippen LogP contribution < -0.4 is 16.2 Å². The van der Waals surface area contributed by atoms with Crippen LogP contribution in [-0.4, -0.2) is 11.6 Å². The third kappa shape index (κ3) is 1.14. The van der Waals surface area contributed by atoms with E-state index in [-0.39, 0.29) is 0 Å². The van der Waals surface area contributed by atoms with Gasteiger partial charge in [-0.1, -0.05) is 0 Å². The summed E-state index contributed by atoms with van der Waals surface area (Å²) in [6.45, 7) is 4.29. The van der Waals surface area contributed by atoms with Crippen LogP contribution in [0.3, 0.4) is 0 Å². The van der Waals surface area contributed by atoms with Gasteiger partial charge in [-0.15, -0.1) is 0 Å². The number of anilines is 1. The molecule has 1 aliphatic heterocycles. The summed E-state index contributed by atoms with van der Waals surface area (Å²) in [5, 5.41) is 0. The molecule has 0 aromatic carbocycles. The number of nitrogens with two attached hydrogens (primary N) is 2. The summed E-state index contributed by atoms with van der Waals surface area (Å²) in [4.78, 5) is 4.11. The fourth-order valence-electron chi connectivity index (χ4n) is 1.59. The molecule has 0 saturated heterocycles. The van der Waals surface area contributed by atoms with E-state index in [1.165, 1.54) is 0 Å². The Morgan fingerprint density at radius 3 is 3.00 bits per heavy atom. The number of pyridine rings is 1. The Balaban J connectivity index is 2.65. The number of aryl methyl sites for hydroxylation is 1. The van der Waals surface area contributed by atoms with Crippen LogP contribution in [0.4, 0.5) is 5.82 Å². The van der Waals surface area contributed by atoms with E-state index in [1.807, 2.05) is 13.8 Å². The van der Waals surface area contributed by atoms with Gasteiger partial charge in [-0.3, -0.25) is 0 Å². The van der Waals surface area contributed by atoms with Crippen LogP contribution in [0.2, 0.25) is 0 Å². The number of rotatable bonds is 0. The van der Waals surface area contributed by atoms with Crippen LogP contribution in [0.1, 0.15) is 18.2 Å². The number of fused-ring (bicyclic) bond motifs is 1. The van der Waals surface area contributed by atoms with E-state index in [2.05, 4.69) is 4.98 Å². The molecular formula is C9H13N3O. The quantitative estimate of drug-likeness (QED) is 0.609. The second-order valence-corrected chi connectivity index (χ2v) is 3.72. The van der Waals surface area contributed by atoms with Gasteiger partial charge in [-0.05, 0) is 19.9 Å². The molecule has 4 heteroatoms. The maximum atomic E-state index is 6.02. The van der Waals surface area contributed by atoms with Gasteiger partial charge < -0.3 is 16.2 Å². The van der Waals surface area contributed by atoms with Crippen molar-refractivity contribution in [1.29, 1.82) is 0 Å². The van der Waals surface area contributed by atoms with Crippen LogP contribution >= 0.6 is 0 Å². The molecule has 0 bridgehead atoms. The third-order valence-electron chi connectivity index (χ3n) is 2.29. The first-order chi connectivity index (χ1) is 6.00. The summed E-state index contributed by atoms with van der Waals surface area (Å²) in [7, 11) is 0. The molecule has 4 N–H and O–H groups in total. The largest absolute Gasteiger partial charge is 0.489 e. The fraction of sp³-hybridized carbons (Fsp3) is 0.444. The predicted octanol–water partition coefficient (Wildman–Crippen LogP) is 0.539. The van der Waals surface area contributed by atoms with Crippen LogP contribution in [-0.2, 0) is 5.54 Å². The van der Waals surface area contributed by atoms with E-state index in [0.29, 0.717) is 12.4 Å². The highest BCUT2D eigenvalue weighted by Crippen LogP contribution is 2.37. The topological polar surface area (TPSA) is 74.2 Å². The Morgan fingerprint density at radius 1 is 1.62 bits per heavy atom.